The van der Waals surface area contributed by atoms with Crippen LogP contribution in [0.3, 0.4) is 0 Å². The minimum Gasteiger partial charge on any atom is -0.368 e. The third kappa shape index (κ3) is 3.93. The summed E-state index contributed by atoms with van der Waals surface area (Å²) >= 11 is 5.93. The van der Waals surface area contributed by atoms with Crippen molar-refractivity contribution in [2.24, 2.45) is 5.92 Å². The van der Waals surface area contributed by atoms with Crippen LogP contribution in [0.15, 0.2) is 24.3 Å². The van der Waals surface area contributed by atoms with E-state index in [1.165, 1.54) is 5.69 Å². The van der Waals surface area contributed by atoms with Crippen LogP contribution in [0.25, 0.3) is 0 Å². The first-order valence-corrected chi connectivity index (χ1v) is 8.59. The Morgan fingerprint density at radius 3 is 2.36 bits per heavy atom. The number of amides is 1. The van der Waals surface area contributed by atoms with Crippen molar-refractivity contribution in [1.29, 1.82) is 0 Å². The van der Waals surface area contributed by atoms with Gasteiger partial charge in [-0.2, -0.15) is 0 Å². The number of anilines is 1. The lowest BCUT2D eigenvalue weighted by molar-refractivity contribution is -0.132. The number of carbonyl (C=O) groups excluding carboxylic acids is 1. The van der Waals surface area contributed by atoms with E-state index >= 15 is 0 Å². The van der Waals surface area contributed by atoms with Gasteiger partial charge < -0.3 is 15.1 Å². The van der Waals surface area contributed by atoms with Crippen molar-refractivity contribution in [2.45, 2.75) is 19.3 Å². The Kier molecular flexibility index (Phi) is 5.21. The van der Waals surface area contributed by atoms with Crippen LogP contribution >= 0.6 is 11.6 Å². The quantitative estimate of drug-likeness (QED) is 0.928. The highest BCUT2D eigenvalue weighted by molar-refractivity contribution is 6.30. The fraction of sp³-hybridized carbons (Fsp3) is 0.588. The maximum Gasteiger partial charge on any atom is 0.222 e. The molecular formula is C17H24ClN3O. The van der Waals surface area contributed by atoms with Gasteiger partial charge in [-0.3, -0.25) is 4.79 Å². The Morgan fingerprint density at radius 1 is 1.09 bits per heavy atom. The lowest BCUT2D eigenvalue weighted by Gasteiger charge is -2.37. The second-order valence-corrected chi connectivity index (χ2v) is 6.68. The van der Waals surface area contributed by atoms with Gasteiger partial charge in [0.15, 0.2) is 0 Å². The third-order valence-corrected chi connectivity index (χ3v) is 5.00. The second kappa shape index (κ2) is 7.34. The monoisotopic (exact) mass is 321 g/mol. The minimum atomic E-state index is 0.336. The number of rotatable bonds is 3. The molecule has 1 amide bonds. The summed E-state index contributed by atoms with van der Waals surface area (Å²) in [5.41, 5.74) is 1.19. The Labute approximate surface area is 137 Å². The van der Waals surface area contributed by atoms with Gasteiger partial charge in [-0.15, -0.1) is 0 Å². The average Bonchev–Trinajstić information content (AvgIpc) is 2.57. The molecule has 0 bridgehead atoms. The van der Waals surface area contributed by atoms with Crippen molar-refractivity contribution >= 4 is 23.2 Å². The van der Waals surface area contributed by atoms with Crippen molar-refractivity contribution < 1.29 is 4.79 Å². The van der Waals surface area contributed by atoms with Crippen LogP contribution in [0.1, 0.15) is 19.3 Å². The van der Waals surface area contributed by atoms with Crippen molar-refractivity contribution in [1.82, 2.24) is 10.2 Å². The number of nitrogens with zero attached hydrogens (tertiary/aromatic N) is 2. The van der Waals surface area contributed by atoms with E-state index in [0.717, 1.165) is 63.6 Å². The number of hydrogen-bond donors (Lipinski definition) is 1. The summed E-state index contributed by atoms with van der Waals surface area (Å²) in [5.74, 6) is 0.908. The molecule has 2 aliphatic rings. The zero-order valence-corrected chi connectivity index (χ0v) is 13.7. The van der Waals surface area contributed by atoms with Gasteiger partial charge >= 0.3 is 0 Å². The van der Waals surface area contributed by atoms with Crippen molar-refractivity contribution in [3.8, 4) is 0 Å². The number of piperidine rings is 1. The molecule has 0 unspecified atom stereocenters. The van der Waals surface area contributed by atoms with Crippen LogP contribution in [-0.2, 0) is 4.79 Å². The summed E-state index contributed by atoms with van der Waals surface area (Å²) in [4.78, 5) is 16.8. The first-order chi connectivity index (χ1) is 10.7. The van der Waals surface area contributed by atoms with Crippen molar-refractivity contribution in [3.05, 3.63) is 29.3 Å². The van der Waals surface area contributed by atoms with Gasteiger partial charge in [0.25, 0.3) is 0 Å². The summed E-state index contributed by atoms with van der Waals surface area (Å²) < 4.78 is 0. The van der Waals surface area contributed by atoms with E-state index in [9.17, 15) is 4.79 Å². The SMILES string of the molecule is O=C(CC1CCNCC1)N1CCN(c2ccc(Cl)cc2)CC1. The Hall–Kier alpha value is -1.26. The van der Waals surface area contributed by atoms with Crippen LogP contribution in [0, 0.1) is 5.92 Å². The predicted molar refractivity (Wildman–Crippen MR) is 90.5 cm³/mol. The Bertz CT molecular complexity index is 491. The maximum absolute atomic E-state index is 12.4. The molecule has 2 fully saturated rings. The van der Waals surface area contributed by atoms with Gasteiger partial charge in [-0.1, -0.05) is 11.6 Å². The number of hydrogen-bond acceptors (Lipinski definition) is 3. The predicted octanol–water partition coefficient (Wildman–Crippen LogP) is 2.38. The number of nitrogens with one attached hydrogen (secondary N) is 1. The van der Waals surface area contributed by atoms with Gasteiger partial charge in [0.05, 0.1) is 0 Å². The molecule has 4 nitrogen and oxygen atoms in total. The molecule has 0 spiro atoms. The molecule has 0 atom stereocenters. The van der Waals surface area contributed by atoms with E-state index in [2.05, 4.69) is 22.3 Å². The lowest BCUT2D eigenvalue weighted by atomic mass is 9.94. The number of benzene rings is 1. The first kappa shape index (κ1) is 15.6. The van der Waals surface area contributed by atoms with Crippen LogP contribution in [0.5, 0.6) is 0 Å². The molecule has 3 rings (SSSR count). The molecule has 5 heteroatoms. The number of piperazine rings is 1. The lowest BCUT2D eigenvalue weighted by Crippen LogP contribution is -2.49. The molecular weight excluding hydrogens is 298 g/mol. The normalized spacial score (nSPS) is 20.2. The molecule has 0 saturated carbocycles. The average molecular weight is 322 g/mol. The molecule has 1 N–H and O–H groups in total. The highest BCUT2D eigenvalue weighted by Crippen LogP contribution is 2.21. The fourth-order valence-corrected chi connectivity index (χ4v) is 3.45. The molecule has 0 radical (unpaired) electrons. The fourth-order valence-electron chi connectivity index (χ4n) is 3.33. The van der Waals surface area contributed by atoms with Gasteiger partial charge in [0.1, 0.15) is 0 Å². The van der Waals surface area contributed by atoms with Gasteiger partial charge in [-0.05, 0) is 56.1 Å². The van der Waals surface area contributed by atoms with E-state index in [4.69, 9.17) is 11.6 Å². The Balaban J connectivity index is 1.48. The third-order valence-electron chi connectivity index (χ3n) is 4.75. The van der Waals surface area contributed by atoms with E-state index in [1.54, 1.807) is 0 Å². The van der Waals surface area contributed by atoms with Crippen molar-refractivity contribution in [3.63, 3.8) is 0 Å². The first-order valence-electron chi connectivity index (χ1n) is 8.21. The topological polar surface area (TPSA) is 35.6 Å². The maximum atomic E-state index is 12.4. The smallest absolute Gasteiger partial charge is 0.222 e. The molecule has 120 valence electrons. The zero-order valence-electron chi connectivity index (χ0n) is 12.9. The standard InChI is InChI=1S/C17H24ClN3O/c18-15-1-3-16(4-2-15)20-9-11-21(12-10-20)17(22)13-14-5-7-19-8-6-14/h1-4,14,19H,5-13H2. The van der Waals surface area contributed by atoms with Crippen LogP contribution < -0.4 is 10.2 Å². The summed E-state index contributed by atoms with van der Waals surface area (Å²) in [6.07, 6.45) is 3.00. The van der Waals surface area contributed by atoms with Crippen LogP contribution in [-0.4, -0.2) is 50.1 Å². The van der Waals surface area contributed by atoms with E-state index in [-0.39, 0.29) is 0 Å². The molecule has 2 heterocycles. The minimum absolute atomic E-state index is 0.336. The van der Waals surface area contributed by atoms with Crippen molar-refractivity contribution in [2.75, 3.05) is 44.2 Å². The largest absolute Gasteiger partial charge is 0.368 e. The molecule has 1 aromatic carbocycles. The molecule has 0 aliphatic carbocycles. The molecule has 1 aromatic rings. The Morgan fingerprint density at radius 2 is 1.73 bits per heavy atom. The number of carbonyl (C=O) groups is 1. The van der Waals surface area contributed by atoms with Crippen LogP contribution in [0.2, 0.25) is 5.02 Å². The summed E-state index contributed by atoms with van der Waals surface area (Å²) in [5, 5.41) is 4.12. The highest BCUT2D eigenvalue weighted by atomic mass is 35.5. The molecule has 2 saturated heterocycles. The van der Waals surface area contributed by atoms with Gasteiger partial charge in [-0.25, -0.2) is 0 Å². The highest BCUT2D eigenvalue weighted by Gasteiger charge is 2.24. The second-order valence-electron chi connectivity index (χ2n) is 6.24. The number of halogens is 1. The van der Waals surface area contributed by atoms with Gasteiger partial charge in [0, 0.05) is 43.3 Å². The molecule has 22 heavy (non-hydrogen) atoms. The van der Waals surface area contributed by atoms with Crippen LogP contribution in [0.4, 0.5) is 5.69 Å². The zero-order chi connectivity index (χ0) is 15.4. The summed E-state index contributed by atoms with van der Waals surface area (Å²) in [6.45, 7) is 5.57. The summed E-state index contributed by atoms with van der Waals surface area (Å²) in [7, 11) is 0. The molecule has 2 aliphatic heterocycles. The summed E-state index contributed by atoms with van der Waals surface area (Å²) in [6, 6.07) is 7.95. The van der Waals surface area contributed by atoms with E-state index in [0.29, 0.717) is 11.8 Å². The van der Waals surface area contributed by atoms with E-state index < -0.39 is 0 Å². The van der Waals surface area contributed by atoms with Gasteiger partial charge in [0.2, 0.25) is 5.91 Å². The van der Waals surface area contributed by atoms with E-state index in [1.807, 2.05) is 17.0 Å². The molecule has 0 aromatic heterocycles.